The van der Waals surface area contributed by atoms with Crippen LogP contribution in [-0.2, 0) is 6.42 Å². The van der Waals surface area contributed by atoms with Gasteiger partial charge in [-0.2, -0.15) is 4.98 Å². The minimum Gasteiger partial charge on any atom is -0.493 e. The standard InChI is InChI=1S/C17H19N3O2/c1-2-14(11-18-8-1)17-19-16(22-20-17)6-4-12-3-5-15-13(10-12)7-9-21-15/h3-6,10,14,18H,1-2,7-9,11H2/b6-4+. The molecule has 1 saturated heterocycles. The van der Waals surface area contributed by atoms with Crippen molar-refractivity contribution in [1.29, 1.82) is 0 Å². The first-order chi connectivity index (χ1) is 10.9. The van der Waals surface area contributed by atoms with E-state index in [-0.39, 0.29) is 0 Å². The van der Waals surface area contributed by atoms with Gasteiger partial charge in [0.25, 0.3) is 5.89 Å². The van der Waals surface area contributed by atoms with Gasteiger partial charge in [0.15, 0.2) is 5.82 Å². The van der Waals surface area contributed by atoms with Gasteiger partial charge in [0, 0.05) is 25.0 Å². The lowest BCUT2D eigenvalue weighted by Crippen LogP contribution is -2.28. The minimum atomic E-state index is 0.372. The molecule has 2 aliphatic heterocycles. The third kappa shape index (κ3) is 2.76. The van der Waals surface area contributed by atoms with Gasteiger partial charge in [0.05, 0.1) is 6.61 Å². The number of fused-ring (bicyclic) bond motifs is 1. The number of aromatic nitrogens is 2. The van der Waals surface area contributed by atoms with Crippen LogP contribution in [-0.4, -0.2) is 29.8 Å². The molecule has 3 heterocycles. The molecule has 1 unspecified atom stereocenters. The van der Waals surface area contributed by atoms with Crippen molar-refractivity contribution in [3.63, 3.8) is 0 Å². The third-order valence-electron chi connectivity index (χ3n) is 4.25. The van der Waals surface area contributed by atoms with Crippen LogP contribution < -0.4 is 10.1 Å². The van der Waals surface area contributed by atoms with Crippen LogP contribution in [0, 0.1) is 0 Å². The molecule has 4 rings (SSSR count). The molecule has 1 fully saturated rings. The maximum Gasteiger partial charge on any atom is 0.250 e. The molecule has 5 nitrogen and oxygen atoms in total. The van der Waals surface area contributed by atoms with Crippen LogP contribution in [0.3, 0.4) is 0 Å². The molecule has 0 bridgehead atoms. The maximum absolute atomic E-state index is 5.52. The summed E-state index contributed by atoms with van der Waals surface area (Å²) in [5, 5.41) is 7.49. The van der Waals surface area contributed by atoms with E-state index < -0.39 is 0 Å². The fraction of sp³-hybridized carbons (Fsp3) is 0.412. The van der Waals surface area contributed by atoms with E-state index in [0.717, 1.165) is 49.7 Å². The van der Waals surface area contributed by atoms with Crippen LogP contribution >= 0.6 is 0 Å². The summed E-state index contributed by atoms with van der Waals surface area (Å²) in [6.45, 7) is 2.81. The largest absolute Gasteiger partial charge is 0.493 e. The molecule has 0 amide bonds. The predicted octanol–water partition coefficient (Wildman–Crippen LogP) is 2.64. The van der Waals surface area contributed by atoms with E-state index in [2.05, 4.69) is 21.5 Å². The molecular formula is C17H19N3O2. The van der Waals surface area contributed by atoms with Gasteiger partial charge < -0.3 is 14.6 Å². The zero-order valence-corrected chi connectivity index (χ0v) is 12.4. The Bertz CT molecular complexity index is 687. The zero-order chi connectivity index (χ0) is 14.8. The number of hydrogen-bond acceptors (Lipinski definition) is 5. The SMILES string of the molecule is C(=C\c1nc(C2CCCNC2)no1)/c1ccc2c(c1)CCO2. The molecule has 1 aromatic carbocycles. The van der Waals surface area contributed by atoms with E-state index in [1.54, 1.807) is 0 Å². The summed E-state index contributed by atoms with van der Waals surface area (Å²) in [5.41, 5.74) is 2.39. The lowest BCUT2D eigenvalue weighted by atomic mass is 9.99. The third-order valence-corrected chi connectivity index (χ3v) is 4.25. The summed E-state index contributed by atoms with van der Waals surface area (Å²) in [4.78, 5) is 4.49. The number of hydrogen-bond donors (Lipinski definition) is 1. The van der Waals surface area contributed by atoms with Crippen LogP contribution in [0.4, 0.5) is 0 Å². The lowest BCUT2D eigenvalue weighted by Gasteiger charge is -2.19. The monoisotopic (exact) mass is 297 g/mol. The van der Waals surface area contributed by atoms with E-state index in [4.69, 9.17) is 9.26 Å². The highest BCUT2D eigenvalue weighted by Crippen LogP contribution is 2.26. The summed E-state index contributed by atoms with van der Waals surface area (Å²) in [6.07, 6.45) is 7.16. The predicted molar refractivity (Wildman–Crippen MR) is 83.7 cm³/mol. The number of rotatable bonds is 3. The minimum absolute atomic E-state index is 0.372. The van der Waals surface area contributed by atoms with Gasteiger partial charge in [-0.05, 0) is 48.7 Å². The normalized spacial score (nSPS) is 21.0. The van der Waals surface area contributed by atoms with Crippen LogP contribution in [0.5, 0.6) is 5.75 Å². The summed E-state index contributed by atoms with van der Waals surface area (Å²) >= 11 is 0. The summed E-state index contributed by atoms with van der Waals surface area (Å²) in [6, 6.07) is 6.22. The van der Waals surface area contributed by atoms with Crippen molar-refractivity contribution in [3.05, 3.63) is 41.0 Å². The van der Waals surface area contributed by atoms with Crippen molar-refractivity contribution < 1.29 is 9.26 Å². The second kappa shape index (κ2) is 5.93. The Balaban J connectivity index is 1.47. The van der Waals surface area contributed by atoms with Gasteiger partial charge in [-0.1, -0.05) is 11.2 Å². The summed E-state index contributed by atoms with van der Waals surface area (Å²) in [5.74, 6) is 2.75. The lowest BCUT2D eigenvalue weighted by molar-refractivity contribution is 0.357. The highest BCUT2D eigenvalue weighted by molar-refractivity contribution is 5.67. The van der Waals surface area contributed by atoms with E-state index in [0.29, 0.717) is 11.8 Å². The van der Waals surface area contributed by atoms with Crippen LogP contribution in [0.1, 0.15) is 41.6 Å². The van der Waals surface area contributed by atoms with Crippen LogP contribution in [0.2, 0.25) is 0 Å². The smallest absolute Gasteiger partial charge is 0.250 e. The van der Waals surface area contributed by atoms with Crippen LogP contribution in [0.25, 0.3) is 12.2 Å². The molecule has 5 heteroatoms. The summed E-state index contributed by atoms with van der Waals surface area (Å²) < 4.78 is 10.8. The van der Waals surface area contributed by atoms with E-state index in [1.165, 1.54) is 12.0 Å². The average Bonchev–Trinajstić information content (AvgIpc) is 3.22. The first kappa shape index (κ1) is 13.5. The quantitative estimate of drug-likeness (QED) is 0.943. The molecule has 1 aromatic heterocycles. The van der Waals surface area contributed by atoms with Crippen molar-refractivity contribution in [2.24, 2.45) is 0 Å². The molecular weight excluding hydrogens is 278 g/mol. The number of nitrogens with one attached hydrogen (secondary N) is 1. The summed E-state index contributed by atoms with van der Waals surface area (Å²) in [7, 11) is 0. The average molecular weight is 297 g/mol. The van der Waals surface area contributed by atoms with Gasteiger partial charge in [0.2, 0.25) is 0 Å². The first-order valence-corrected chi connectivity index (χ1v) is 7.86. The number of piperidine rings is 1. The van der Waals surface area contributed by atoms with Crippen molar-refractivity contribution in [3.8, 4) is 5.75 Å². The highest BCUT2D eigenvalue weighted by Gasteiger charge is 2.20. The van der Waals surface area contributed by atoms with Gasteiger partial charge in [-0.15, -0.1) is 0 Å². The second-order valence-corrected chi connectivity index (χ2v) is 5.83. The number of nitrogens with zero attached hydrogens (tertiary/aromatic N) is 2. The van der Waals surface area contributed by atoms with Gasteiger partial charge >= 0.3 is 0 Å². The second-order valence-electron chi connectivity index (χ2n) is 5.83. The van der Waals surface area contributed by atoms with Crippen molar-refractivity contribution in [2.75, 3.05) is 19.7 Å². The maximum atomic E-state index is 5.52. The molecule has 2 aromatic rings. The topological polar surface area (TPSA) is 60.2 Å². The fourth-order valence-electron chi connectivity index (χ4n) is 3.03. The molecule has 0 aliphatic carbocycles. The Morgan fingerprint density at radius 3 is 3.18 bits per heavy atom. The molecule has 0 saturated carbocycles. The van der Waals surface area contributed by atoms with E-state index in [1.807, 2.05) is 24.3 Å². The Hall–Kier alpha value is -2.14. The van der Waals surface area contributed by atoms with Gasteiger partial charge in [-0.25, -0.2) is 0 Å². The molecule has 1 N–H and O–H groups in total. The molecule has 22 heavy (non-hydrogen) atoms. The first-order valence-electron chi connectivity index (χ1n) is 7.86. The molecule has 2 aliphatic rings. The zero-order valence-electron chi connectivity index (χ0n) is 12.4. The fourth-order valence-corrected chi connectivity index (χ4v) is 3.03. The van der Waals surface area contributed by atoms with E-state index >= 15 is 0 Å². The van der Waals surface area contributed by atoms with Crippen molar-refractivity contribution >= 4 is 12.2 Å². The van der Waals surface area contributed by atoms with Gasteiger partial charge in [-0.3, -0.25) is 0 Å². The number of ether oxygens (including phenoxy) is 1. The van der Waals surface area contributed by atoms with E-state index in [9.17, 15) is 0 Å². The Labute approximate surface area is 129 Å². The molecule has 0 radical (unpaired) electrons. The molecule has 114 valence electrons. The Kier molecular flexibility index (Phi) is 3.64. The van der Waals surface area contributed by atoms with Crippen molar-refractivity contribution in [2.45, 2.75) is 25.2 Å². The van der Waals surface area contributed by atoms with Crippen molar-refractivity contribution in [1.82, 2.24) is 15.5 Å². The Morgan fingerprint density at radius 1 is 1.27 bits per heavy atom. The Morgan fingerprint density at radius 2 is 2.27 bits per heavy atom. The molecule has 0 spiro atoms. The molecule has 1 atom stereocenters. The van der Waals surface area contributed by atoms with Crippen LogP contribution in [0.15, 0.2) is 22.7 Å². The highest BCUT2D eigenvalue weighted by atomic mass is 16.5. The number of benzene rings is 1. The van der Waals surface area contributed by atoms with Gasteiger partial charge in [0.1, 0.15) is 5.75 Å².